The van der Waals surface area contributed by atoms with Crippen LogP contribution in [0, 0.1) is 23.3 Å². The molecule has 2 atom stereocenters. The number of furan rings is 1. The summed E-state index contributed by atoms with van der Waals surface area (Å²) >= 11 is 0. The van der Waals surface area contributed by atoms with Gasteiger partial charge in [-0.1, -0.05) is 153 Å². The second kappa shape index (κ2) is 20.4. The summed E-state index contributed by atoms with van der Waals surface area (Å²) in [6, 6.07) is 79.6. The third-order valence-corrected chi connectivity index (χ3v) is 17.1. The van der Waals surface area contributed by atoms with Crippen LogP contribution in [-0.2, 0) is 10.8 Å². The summed E-state index contributed by atoms with van der Waals surface area (Å²) in [7, 11) is 0. The molecule has 15 rings (SSSR count). The smallest absolute Gasteiger partial charge is 0.137 e. The molecular formula is C78H49F4NO3. The standard InChI is InChI=1S/C78H49F4NO3/c1-3-48-17-30-57(31-18-48)84-59-34-21-50(22-35-59)77(71-43-52(79)25-41-73(71)81)67-14-8-5-11-61(67)63-38-27-54(45-69(63)77)83(56-29-40-66-65-13-7-10-16-75(65)86-76(66)47-56)55-28-39-64-62-12-6-9-15-68(62)78(70(64)46-55,72-44-53(80)26-42-74(72)82)51-23-36-60(37-24-51)85-58-32-19-49(4-2)20-33-58/h3-47H,1-2H2. The van der Waals surface area contributed by atoms with Gasteiger partial charge in [0.05, 0.1) is 10.8 Å². The third-order valence-electron chi connectivity index (χ3n) is 17.1. The summed E-state index contributed by atoms with van der Waals surface area (Å²) in [4.78, 5) is 2.11. The quantitative estimate of drug-likeness (QED) is 0.108. The topological polar surface area (TPSA) is 34.8 Å². The summed E-state index contributed by atoms with van der Waals surface area (Å²) in [6.45, 7) is 7.74. The third kappa shape index (κ3) is 8.20. The molecule has 13 aromatic rings. The van der Waals surface area contributed by atoms with Crippen molar-refractivity contribution in [2.24, 2.45) is 0 Å². The Morgan fingerprint density at radius 2 is 0.733 bits per heavy atom. The van der Waals surface area contributed by atoms with Crippen molar-refractivity contribution >= 4 is 51.2 Å². The van der Waals surface area contributed by atoms with E-state index in [9.17, 15) is 0 Å². The van der Waals surface area contributed by atoms with Crippen LogP contribution in [0.15, 0.2) is 278 Å². The van der Waals surface area contributed by atoms with E-state index in [-0.39, 0.29) is 11.1 Å². The zero-order valence-corrected chi connectivity index (χ0v) is 46.1. The number of rotatable bonds is 13. The molecule has 2 unspecified atom stereocenters. The molecule has 12 aromatic carbocycles. The van der Waals surface area contributed by atoms with Gasteiger partial charge in [0, 0.05) is 45.0 Å². The van der Waals surface area contributed by atoms with Crippen LogP contribution < -0.4 is 14.4 Å². The van der Waals surface area contributed by atoms with E-state index in [1.54, 1.807) is 12.2 Å². The van der Waals surface area contributed by atoms with E-state index < -0.39 is 34.1 Å². The zero-order valence-electron chi connectivity index (χ0n) is 46.1. The fourth-order valence-electron chi connectivity index (χ4n) is 13.4. The van der Waals surface area contributed by atoms with E-state index in [1.807, 2.05) is 212 Å². The molecule has 0 aliphatic heterocycles. The van der Waals surface area contributed by atoms with Crippen molar-refractivity contribution < 1.29 is 31.5 Å². The molecule has 1 aromatic heterocycles. The SMILES string of the molecule is C=Cc1ccc(Oc2ccc(C3(c4cc(F)ccc4F)c4ccccc4-c4ccc(N(c5ccc6c(c5)C(c5ccc(Oc7ccc(C=C)cc7)cc5)(c5cc(F)ccc5F)c5ccccc5-6)c5ccc6c(c5)oc5ccccc56)cc43)cc2)cc1. The second-order valence-electron chi connectivity index (χ2n) is 21.7. The van der Waals surface area contributed by atoms with Gasteiger partial charge in [0.15, 0.2) is 0 Å². The van der Waals surface area contributed by atoms with Gasteiger partial charge in [-0.05, 0) is 194 Å². The summed E-state index contributed by atoms with van der Waals surface area (Å²) in [5.41, 5.74) is 10.4. The predicted octanol–water partition coefficient (Wildman–Crippen LogP) is 21.2. The number of fused-ring (bicyclic) bond motifs is 9. The molecule has 412 valence electrons. The molecule has 0 radical (unpaired) electrons. The molecule has 0 bridgehead atoms. The Bertz CT molecular complexity index is 4610. The summed E-state index contributed by atoms with van der Waals surface area (Å²) in [5.74, 6) is -0.0120. The van der Waals surface area contributed by atoms with Gasteiger partial charge < -0.3 is 18.8 Å². The number of para-hydroxylation sites is 1. The molecular weight excluding hydrogens is 1070 g/mol. The Balaban J connectivity index is 0.962. The first kappa shape index (κ1) is 51.9. The van der Waals surface area contributed by atoms with Gasteiger partial charge in [-0.2, -0.15) is 0 Å². The van der Waals surface area contributed by atoms with Crippen LogP contribution >= 0.6 is 0 Å². The minimum absolute atomic E-state index is 0.129. The highest BCUT2D eigenvalue weighted by Crippen LogP contribution is 2.61. The number of hydrogen-bond acceptors (Lipinski definition) is 4. The maximum Gasteiger partial charge on any atom is 0.137 e. The number of ether oxygens (including phenoxy) is 2. The molecule has 0 fully saturated rings. The van der Waals surface area contributed by atoms with Gasteiger partial charge in [-0.25, -0.2) is 17.6 Å². The molecule has 0 amide bonds. The van der Waals surface area contributed by atoms with E-state index >= 15 is 17.6 Å². The van der Waals surface area contributed by atoms with Crippen molar-refractivity contribution in [3.8, 4) is 45.3 Å². The van der Waals surface area contributed by atoms with Gasteiger partial charge in [-0.3, -0.25) is 0 Å². The van der Waals surface area contributed by atoms with Crippen molar-refractivity contribution in [1.82, 2.24) is 0 Å². The van der Waals surface area contributed by atoms with Gasteiger partial charge in [-0.15, -0.1) is 0 Å². The van der Waals surface area contributed by atoms with E-state index in [4.69, 9.17) is 13.9 Å². The predicted molar refractivity (Wildman–Crippen MR) is 336 cm³/mol. The van der Waals surface area contributed by atoms with Crippen molar-refractivity contribution in [3.05, 3.63) is 353 Å². The maximum atomic E-state index is 17.3. The maximum absolute atomic E-state index is 17.3. The van der Waals surface area contributed by atoms with Crippen LogP contribution in [0.3, 0.4) is 0 Å². The molecule has 4 nitrogen and oxygen atoms in total. The fraction of sp³-hybridized carbons (Fsp3) is 0.0256. The van der Waals surface area contributed by atoms with Crippen LogP contribution in [0.1, 0.15) is 55.6 Å². The first-order valence-corrected chi connectivity index (χ1v) is 28.3. The second-order valence-corrected chi connectivity index (χ2v) is 21.7. The fourth-order valence-corrected chi connectivity index (χ4v) is 13.4. The Labute approximate surface area is 494 Å². The van der Waals surface area contributed by atoms with Gasteiger partial charge >= 0.3 is 0 Å². The van der Waals surface area contributed by atoms with Crippen molar-refractivity contribution in [1.29, 1.82) is 0 Å². The van der Waals surface area contributed by atoms with Crippen LogP contribution in [0.4, 0.5) is 34.6 Å². The van der Waals surface area contributed by atoms with Crippen LogP contribution in [0.2, 0.25) is 0 Å². The average Bonchev–Trinajstić information content (AvgIpc) is 1.54. The van der Waals surface area contributed by atoms with Gasteiger partial charge in [0.1, 0.15) is 57.4 Å². The first-order chi connectivity index (χ1) is 42.1. The van der Waals surface area contributed by atoms with Crippen molar-refractivity contribution in [2.45, 2.75) is 10.8 Å². The molecule has 86 heavy (non-hydrogen) atoms. The Morgan fingerprint density at radius 1 is 0.337 bits per heavy atom. The lowest BCUT2D eigenvalue weighted by molar-refractivity contribution is 0.481. The van der Waals surface area contributed by atoms with E-state index in [2.05, 4.69) is 30.2 Å². The molecule has 1 heterocycles. The number of hydrogen-bond donors (Lipinski definition) is 0. The number of anilines is 3. The van der Waals surface area contributed by atoms with Crippen molar-refractivity contribution in [2.75, 3.05) is 4.90 Å². The number of benzene rings is 12. The Morgan fingerprint density at radius 3 is 1.21 bits per heavy atom. The Kier molecular flexibility index (Phi) is 12.3. The molecule has 2 aliphatic carbocycles. The first-order valence-electron chi connectivity index (χ1n) is 28.3. The highest BCUT2D eigenvalue weighted by molar-refractivity contribution is 6.06. The summed E-state index contributed by atoms with van der Waals surface area (Å²) in [5, 5.41) is 1.88. The summed E-state index contributed by atoms with van der Waals surface area (Å²) in [6.07, 6.45) is 3.53. The molecule has 0 saturated heterocycles. The Hall–Kier alpha value is -11.0. The lowest BCUT2D eigenvalue weighted by atomic mass is 9.67. The number of halogens is 4. The van der Waals surface area contributed by atoms with Crippen LogP contribution in [-0.4, -0.2) is 0 Å². The monoisotopic (exact) mass is 1120 g/mol. The average molecular weight is 1120 g/mol. The van der Waals surface area contributed by atoms with E-state index in [0.29, 0.717) is 67.9 Å². The molecule has 2 aliphatic rings. The lowest BCUT2D eigenvalue weighted by Crippen LogP contribution is -2.30. The largest absolute Gasteiger partial charge is 0.457 e. The normalized spacial score (nSPS) is 15.4. The molecule has 0 spiro atoms. The highest BCUT2D eigenvalue weighted by atomic mass is 19.1. The molecule has 8 heteroatoms. The van der Waals surface area contributed by atoms with E-state index in [1.165, 1.54) is 24.3 Å². The zero-order chi connectivity index (χ0) is 58.3. The van der Waals surface area contributed by atoms with Crippen molar-refractivity contribution in [3.63, 3.8) is 0 Å². The number of nitrogens with zero attached hydrogens (tertiary/aromatic N) is 1. The molecule has 0 N–H and O–H groups in total. The van der Waals surface area contributed by atoms with Gasteiger partial charge in [0.25, 0.3) is 0 Å². The molecule has 0 saturated carbocycles. The van der Waals surface area contributed by atoms with E-state index in [0.717, 1.165) is 73.0 Å². The minimum Gasteiger partial charge on any atom is -0.457 e. The summed E-state index contributed by atoms with van der Waals surface area (Å²) < 4.78 is 86.1. The minimum atomic E-state index is -1.42. The van der Waals surface area contributed by atoms with Crippen LogP contribution in [0.5, 0.6) is 23.0 Å². The van der Waals surface area contributed by atoms with Gasteiger partial charge in [0.2, 0.25) is 0 Å². The van der Waals surface area contributed by atoms with Crippen LogP contribution in [0.25, 0.3) is 56.3 Å². The highest BCUT2D eigenvalue weighted by Gasteiger charge is 2.50. The lowest BCUT2D eigenvalue weighted by Gasteiger charge is -2.36.